The number of pyridine rings is 1. The summed E-state index contributed by atoms with van der Waals surface area (Å²) in [5, 5.41) is 0. The number of methoxy groups -OCH3 is 1. The van der Waals surface area contributed by atoms with Crippen molar-refractivity contribution in [1.82, 2.24) is 4.98 Å². The second-order valence-corrected chi connectivity index (χ2v) is 4.34. The molecule has 4 nitrogen and oxygen atoms in total. The zero-order valence-electron chi connectivity index (χ0n) is 11.6. The SMILES string of the molecule is CCC(=O)c1ccc(Oc2cccc(COC)c2)cn1. The van der Waals surface area contributed by atoms with Crippen LogP contribution in [0.5, 0.6) is 11.5 Å². The summed E-state index contributed by atoms with van der Waals surface area (Å²) < 4.78 is 10.8. The lowest BCUT2D eigenvalue weighted by Gasteiger charge is -2.07. The van der Waals surface area contributed by atoms with Gasteiger partial charge in [0.2, 0.25) is 0 Å². The van der Waals surface area contributed by atoms with Gasteiger partial charge in [0.15, 0.2) is 5.78 Å². The fraction of sp³-hybridized carbons (Fsp3) is 0.250. The van der Waals surface area contributed by atoms with E-state index in [-0.39, 0.29) is 5.78 Å². The number of hydrogen-bond donors (Lipinski definition) is 0. The van der Waals surface area contributed by atoms with Crippen molar-refractivity contribution in [3.05, 3.63) is 53.9 Å². The number of Topliss-reactive ketones (excluding diaryl/α,β-unsaturated/α-hetero) is 1. The zero-order chi connectivity index (χ0) is 14.4. The Bertz CT molecular complexity index is 579. The third-order valence-electron chi connectivity index (χ3n) is 2.79. The molecule has 0 atom stereocenters. The molecule has 0 unspecified atom stereocenters. The lowest BCUT2D eigenvalue weighted by molar-refractivity contribution is 0.0983. The number of aromatic nitrogens is 1. The van der Waals surface area contributed by atoms with Crippen LogP contribution in [0, 0.1) is 0 Å². The second kappa shape index (κ2) is 6.82. The largest absolute Gasteiger partial charge is 0.456 e. The van der Waals surface area contributed by atoms with Crippen molar-refractivity contribution in [2.75, 3.05) is 7.11 Å². The molecule has 0 fully saturated rings. The van der Waals surface area contributed by atoms with Crippen molar-refractivity contribution in [2.45, 2.75) is 20.0 Å². The van der Waals surface area contributed by atoms with Gasteiger partial charge in [-0.05, 0) is 29.8 Å². The summed E-state index contributed by atoms with van der Waals surface area (Å²) in [5.41, 5.74) is 1.50. The van der Waals surface area contributed by atoms with Crippen LogP contribution in [0.3, 0.4) is 0 Å². The second-order valence-electron chi connectivity index (χ2n) is 4.34. The number of ether oxygens (including phenoxy) is 2. The molecule has 0 radical (unpaired) electrons. The number of carbonyl (C=O) groups excluding carboxylic acids is 1. The van der Waals surface area contributed by atoms with E-state index in [9.17, 15) is 4.79 Å². The Hall–Kier alpha value is -2.20. The summed E-state index contributed by atoms with van der Waals surface area (Å²) in [7, 11) is 1.65. The first-order valence-electron chi connectivity index (χ1n) is 6.48. The van der Waals surface area contributed by atoms with Gasteiger partial charge in [0, 0.05) is 13.5 Å². The van der Waals surface area contributed by atoms with Crippen LogP contribution in [0.15, 0.2) is 42.6 Å². The van der Waals surface area contributed by atoms with Crippen molar-refractivity contribution in [3.63, 3.8) is 0 Å². The van der Waals surface area contributed by atoms with E-state index in [0.717, 1.165) is 11.3 Å². The molecule has 0 spiro atoms. The van der Waals surface area contributed by atoms with E-state index in [1.54, 1.807) is 25.4 Å². The van der Waals surface area contributed by atoms with Gasteiger partial charge >= 0.3 is 0 Å². The third kappa shape index (κ3) is 3.65. The molecule has 1 aromatic carbocycles. The van der Waals surface area contributed by atoms with Gasteiger partial charge in [-0.1, -0.05) is 19.1 Å². The zero-order valence-corrected chi connectivity index (χ0v) is 11.6. The van der Waals surface area contributed by atoms with Crippen LogP contribution in [-0.4, -0.2) is 17.9 Å². The van der Waals surface area contributed by atoms with E-state index < -0.39 is 0 Å². The highest BCUT2D eigenvalue weighted by atomic mass is 16.5. The van der Waals surface area contributed by atoms with Gasteiger partial charge in [0.05, 0.1) is 12.8 Å². The lowest BCUT2D eigenvalue weighted by Crippen LogP contribution is -1.99. The monoisotopic (exact) mass is 271 g/mol. The predicted molar refractivity (Wildman–Crippen MR) is 76.1 cm³/mol. The topological polar surface area (TPSA) is 48.4 Å². The molecule has 0 saturated heterocycles. The highest BCUT2D eigenvalue weighted by Crippen LogP contribution is 2.22. The van der Waals surface area contributed by atoms with Crippen molar-refractivity contribution >= 4 is 5.78 Å². The first-order chi connectivity index (χ1) is 9.72. The van der Waals surface area contributed by atoms with Crippen LogP contribution >= 0.6 is 0 Å². The maximum atomic E-state index is 11.5. The van der Waals surface area contributed by atoms with Crippen molar-refractivity contribution < 1.29 is 14.3 Å². The van der Waals surface area contributed by atoms with Crippen LogP contribution < -0.4 is 4.74 Å². The van der Waals surface area contributed by atoms with E-state index >= 15 is 0 Å². The molecule has 104 valence electrons. The third-order valence-corrected chi connectivity index (χ3v) is 2.79. The Morgan fingerprint density at radius 1 is 1.20 bits per heavy atom. The molecule has 20 heavy (non-hydrogen) atoms. The van der Waals surface area contributed by atoms with Gasteiger partial charge in [0.25, 0.3) is 0 Å². The predicted octanol–water partition coefficient (Wildman–Crippen LogP) is 3.61. The molecule has 1 heterocycles. The lowest BCUT2D eigenvalue weighted by atomic mass is 10.2. The van der Waals surface area contributed by atoms with Gasteiger partial charge in [-0.25, -0.2) is 4.98 Å². The summed E-state index contributed by atoms with van der Waals surface area (Å²) in [5.74, 6) is 1.35. The van der Waals surface area contributed by atoms with Crippen LogP contribution in [-0.2, 0) is 11.3 Å². The molecule has 0 amide bonds. The quantitative estimate of drug-likeness (QED) is 0.753. The van der Waals surface area contributed by atoms with Crippen LogP contribution in [0.4, 0.5) is 0 Å². The molecule has 0 aliphatic carbocycles. The molecular weight excluding hydrogens is 254 g/mol. The maximum Gasteiger partial charge on any atom is 0.180 e. The molecule has 2 rings (SSSR count). The summed E-state index contributed by atoms with van der Waals surface area (Å²) in [6.45, 7) is 2.36. The average molecular weight is 271 g/mol. The minimum absolute atomic E-state index is 0.0265. The highest BCUT2D eigenvalue weighted by Gasteiger charge is 2.05. The van der Waals surface area contributed by atoms with Crippen molar-refractivity contribution in [3.8, 4) is 11.5 Å². The normalized spacial score (nSPS) is 10.3. The Balaban J connectivity index is 2.09. The number of nitrogens with zero attached hydrogens (tertiary/aromatic N) is 1. The van der Waals surface area contributed by atoms with Gasteiger partial charge in [-0.3, -0.25) is 4.79 Å². The highest BCUT2D eigenvalue weighted by molar-refractivity contribution is 5.93. The Morgan fingerprint density at radius 3 is 2.70 bits per heavy atom. The number of benzene rings is 1. The molecular formula is C16H17NO3. The van der Waals surface area contributed by atoms with E-state index in [1.165, 1.54) is 0 Å². The van der Waals surface area contributed by atoms with Gasteiger partial charge in [-0.2, -0.15) is 0 Å². The maximum absolute atomic E-state index is 11.5. The number of carbonyl (C=O) groups is 1. The summed E-state index contributed by atoms with van der Waals surface area (Å²) >= 11 is 0. The van der Waals surface area contributed by atoms with Gasteiger partial charge in [0.1, 0.15) is 17.2 Å². The average Bonchev–Trinajstić information content (AvgIpc) is 2.48. The number of hydrogen-bond acceptors (Lipinski definition) is 4. The molecule has 0 saturated carbocycles. The minimum Gasteiger partial charge on any atom is -0.456 e. The molecule has 0 aliphatic heterocycles. The molecule has 4 heteroatoms. The van der Waals surface area contributed by atoms with E-state index in [0.29, 0.717) is 24.5 Å². The molecule has 0 aliphatic rings. The van der Waals surface area contributed by atoms with Crippen LogP contribution in [0.2, 0.25) is 0 Å². The summed E-state index contributed by atoms with van der Waals surface area (Å²) in [6.07, 6.45) is 2.01. The van der Waals surface area contributed by atoms with E-state index in [4.69, 9.17) is 9.47 Å². The Morgan fingerprint density at radius 2 is 2.05 bits per heavy atom. The van der Waals surface area contributed by atoms with E-state index in [2.05, 4.69) is 4.98 Å². The summed E-state index contributed by atoms with van der Waals surface area (Å²) in [4.78, 5) is 15.6. The molecule has 0 bridgehead atoms. The fourth-order valence-electron chi connectivity index (χ4n) is 1.79. The standard InChI is InChI=1S/C16H17NO3/c1-3-16(18)15-8-7-14(10-17-15)20-13-6-4-5-12(9-13)11-19-2/h4-10H,3,11H2,1-2H3. The van der Waals surface area contributed by atoms with Crippen LogP contribution in [0.1, 0.15) is 29.4 Å². The Kier molecular flexibility index (Phi) is 4.85. The molecule has 2 aromatic rings. The number of ketones is 1. The summed E-state index contributed by atoms with van der Waals surface area (Å²) in [6, 6.07) is 11.1. The van der Waals surface area contributed by atoms with Crippen molar-refractivity contribution in [2.24, 2.45) is 0 Å². The van der Waals surface area contributed by atoms with Gasteiger partial charge in [-0.15, -0.1) is 0 Å². The minimum atomic E-state index is 0.0265. The van der Waals surface area contributed by atoms with Gasteiger partial charge < -0.3 is 9.47 Å². The first-order valence-corrected chi connectivity index (χ1v) is 6.48. The molecule has 0 N–H and O–H groups in total. The van der Waals surface area contributed by atoms with E-state index in [1.807, 2.05) is 31.2 Å². The number of rotatable bonds is 6. The van der Waals surface area contributed by atoms with Crippen molar-refractivity contribution in [1.29, 1.82) is 0 Å². The smallest absolute Gasteiger partial charge is 0.180 e. The van der Waals surface area contributed by atoms with Crippen LogP contribution in [0.25, 0.3) is 0 Å². The fourth-order valence-corrected chi connectivity index (χ4v) is 1.79. The first kappa shape index (κ1) is 14.2. The Labute approximate surface area is 118 Å². The molecule has 1 aromatic heterocycles.